The SMILES string of the molecule is CCCCC(C)NC1CCc2c(F)cccc21. The molecule has 17 heavy (non-hydrogen) atoms. The highest BCUT2D eigenvalue weighted by Gasteiger charge is 2.25. The maximum Gasteiger partial charge on any atom is 0.126 e. The average molecular weight is 235 g/mol. The monoisotopic (exact) mass is 235 g/mol. The minimum Gasteiger partial charge on any atom is -0.307 e. The first-order valence-corrected chi connectivity index (χ1v) is 6.75. The molecule has 0 bridgehead atoms. The zero-order chi connectivity index (χ0) is 12.3. The second-order valence-corrected chi connectivity index (χ2v) is 5.11. The predicted octanol–water partition coefficient (Wildman–Crippen LogP) is 3.98. The molecular weight excluding hydrogens is 213 g/mol. The quantitative estimate of drug-likeness (QED) is 0.814. The second kappa shape index (κ2) is 5.63. The van der Waals surface area contributed by atoms with Crippen LogP contribution in [0.5, 0.6) is 0 Å². The predicted molar refractivity (Wildman–Crippen MR) is 69.6 cm³/mol. The normalized spacial score (nSPS) is 20.3. The fraction of sp³-hybridized carbons (Fsp3) is 0.600. The lowest BCUT2D eigenvalue weighted by Crippen LogP contribution is -2.29. The van der Waals surface area contributed by atoms with Crippen molar-refractivity contribution in [2.45, 2.75) is 58.0 Å². The Kier molecular flexibility index (Phi) is 4.16. The molecule has 94 valence electrons. The van der Waals surface area contributed by atoms with Crippen LogP contribution in [0.15, 0.2) is 18.2 Å². The van der Waals surface area contributed by atoms with Gasteiger partial charge < -0.3 is 5.32 Å². The summed E-state index contributed by atoms with van der Waals surface area (Å²) in [7, 11) is 0. The van der Waals surface area contributed by atoms with E-state index in [2.05, 4.69) is 25.2 Å². The van der Waals surface area contributed by atoms with Crippen molar-refractivity contribution < 1.29 is 4.39 Å². The third-order valence-corrected chi connectivity index (χ3v) is 3.69. The maximum atomic E-state index is 13.6. The number of unbranched alkanes of at least 4 members (excludes halogenated alkanes) is 1. The Hall–Kier alpha value is -0.890. The van der Waals surface area contributed by atoms with E-state index in [9.17, 15) is 4.39 Å². The van der Waals surface area contributed by atoms with Gasteiger partial charge in [-0.1, -0.05) is 31.9 Å². The zero-order valence-corrected chi connectivity index (χ0v) is 10.8. The van der Waals surface area contributed by atoms with Gasteiger partial charge in [0.2, 0.25) is 0 Å². The minimum atomic E-state index is -0.0342. The van der Waals surface area contributed by atoms with Crippen molar-refractivity contribution in [1.82, 2.24) is 5.32 Å². The third kappa shape index (κ3) is 2.86. The summed E-state index contributed by atoms with van der Waals surface area (Å²) in [5, 5.41) is 3.63. The molecule has 0 heterocycles. The van der Waals surface area contributed by atoms with Crippen LogP contribution in [0.1, 0.15) is 56.7 Å². The van der Waals surface area contributed by atoms with E-state index in [-0.39, 0.29) is 5.82 Å². The summed E-state index contributed by atoms with van der Waals surface area (Å²) in [6, 6.07) is 6.34. The smallest absolute Gasteiger partial charge is 0.126 e. The number of halogens is 1. The molecule has 2 rings (SSSR count). The topological polar surface area (TPSA) is 12.0 Å². The molecule has 1 nitrogen and oxygen atoms in total. The Labute approximate surface area is 103 Å². The summed E-state index contributed by atoms with van der Waals surface area (Å²) >= 11 is 0. The zero-order valence-electron chi connectivity index (χ0n) is 10.8. The standard InChI is InChI=1S/C15H22FN/c1-3-4-6-11(2)17-15-10-9-12-13(15)7-5-8-14(12)16/h5,7-8,11,15,17H,3-4,6,9-10H2,1-2H3. The summed E-state index contributed by atoms with van der Waals surface area (Å²) in [6.07, 6.45) is 5.61. The van der Waals surface area contributed by atoms with E-state index in [1.165, 1.54) is 24.8 Å². The highest BCUT2D eigenvalue weighted by Crippen LogP contribution is 2.33. The molecule has 1 N–H and O–H groups in total. The molecule has 1 aromatic carbocycles. The molecule has 0 saturated heterocycles. The number of hydrogen-bond donors (Lipinski definition) is 1. The number of benzene rings is 1. The van der Waals surface area contributed by atoms with E-state index in [4.69, 9.17) is 0 Å². The van der Waals surface area contributed by atoms with E-state index in [1.54, 1.807) is 6.07 Å². The lowest BCUT2D eigenvalue weighted by atomic mass is 10.1. The van der Waals surface area contributed by atoms with Crippen LogP contribution in [0.2, 0.25) is 0 Å². The Balaban J connectivity index is 2.00. The molecule has 2 atom stereocenters. The molecule has 0 radical (unpaired) electrons. The molecule has 1 aliphatic rings. The first kappa shape index (κ1) is 12.6. The molecule has 0 spiro atoms. The summed E-state index contributed by atoms with van der Waals surface area (Å²) in [5.74, 6) is -0.0342. The average Bonchev–Trinajstić information content (AvgIpc) is 2.71. The van der Waals surface area contributed by atoms with E-state index < -0.39 is 0 Å². The minimum absolute atomic E-state index is 0.0342. The van der Waals surface area contributed by atoms with Crippen molar-refractivity contribution in [3.8, 4) is 0 Å². The maximum absolute atomic E-state index is 13.6. The summed E-state index contributed by atoms with van der Waals surface area (Å²) in [6.45, 7) is 4.44. The number of rotatable bonds is 5. The van der Waals surface area contributed by atoms with Crippen LogP contribution in [-0.2, 0) is 6.42 Å². The molecule has 0 amide bonds. The van der Waals surface area contributed by atoms with Gasteiger partial charge in [-0.2, -0.15) is 0 Å². The van der Waals surface area contributed by atoms with Gasteiger partial charge in [0.15, 0.2) is 0 Å². The number of nitrogens with one attached hydrogen (secondary N) is 1. The van der Waals surface area contributed by atoms with Crippen LogP contribution in [0.4, 0.5) is 4.39 Å². The Morgan fingerprint density at radius 2 is 2.29 bits per heavy atom. The molecule has 2 unspecified atom stereocenters. The third-order valence-electron chi connectivity index (χ3n) is 3.69. The van der Waals surface area contributed by atoms with Crippen molar-refractivity contribution in [3.05, 3.63) is 35.1 Å². The number of hydrogen-bond acceptors (Lipinski definition) is 1. The highest BCUT2D eigenvalue weighted by molar-refractivity contribution is 5.35. The fourth-order valence-electron chi connectivity index (χ4n) is 2.72. The lowest BCUT2D eigenvalue weighted by Gasteiger charge is -2.20. The van der Waals surface area contributed by atoms with Crippen molar-refractivity contribution >= 4 is 0 Å². The van der Waals surface area contributed by atoms with Crippen molar-refractivity contribution in [3.63, 3.8) is 0 Å². The van der Waals surface area contributed by atoms with Crippen molar-refractivity contribution in [1.29, 1.82) is 0 Å². The van der Waals surface area contributed by atoms with Crippen LogP contribution >= 0.6 is 0 Å². The van der Waals surface area contributed by atoms with Crippen LogP contribution in [-0.4, -0.2) is 6.04 Å². The molecule has 0 aliphatic heterocycles. The van der Waals surface area contributed by atoms with Crippen LogP contribution in [0.25, 0.3) is 0 Å². The van der Waals surface area contributed by atoms with E-state index in [1.807, 2.05) is 6.07 Å². The Bertz CT molecular complexity index is 375. The molecular formula is C15H22FN. The fourth-order valence-corrected chi connectivity index (χ4v) is 2.72. The van der Waals surface area contributed by atoms with Gasteiger partial charge in [0, 0.05) is 12.1 Å². The highest BCUT2D eigenvalue weighted by atomic mass is 19.1. The largest absolute Gasteiger partial charge is 0.307 e. The second-order valence-electron chi connectivity index (χ2n) is 5.11. The van der Waals surface area contributed by atoms with Gasteiger partial charge in [0.05, 0.1) is 0 Å². The molecule has 2 heteroatoms. The van der Waals surface area contributed by atoms with E-state index >= 15 is 0 Å². The molecule has 1 aliphatic carbocycles. The number of fused-ring (bicyclic) bond motifs is 1. The van der Waals surface area contributed by atoms with Gasteiger partial charge >= 0.3 is 0 Å². The summed E-state index contributed by atoms with van der Waals surface area (Å²) in [5.41, 5.74) is 2.10. The Morgan fingerprint density at radius 3 is 3.06 bits per heavy atom. The first-order chi connectivity index (χ1) is 8.22. The van der Waals surface area contributed by atoms with Gasteiger partial charge in [0.1, 0.15) is 5.82 Å². The lowest BCUT2D eigenvalue weighted by molar-refractivity contribution is 0.424. The first-order valence-electron chi connectivity index (χ1n) is 6.75. The van der Waals surface area contributed by atoms with Crippen LogP contribution in [0.3, 0.4) is 0 Å². The van der Waals surface area contributed by atoms with E-state index in [0.717, 1.165) is 18.4 Å². The molecule has 1 aromatic rings. The van der Waals surface area contributed by atoms with Gasteiger partial charge in [-0.3, -0.25) is 0 Å². The molecule has 0 fully saturated rings. The van der Waals surface area contributed by atoms with Crippen molar-refractivity contribution in [2.75, 3.05) is 0 Å². The van der Waals surface area contributed by atoms with Crippen LogP contribution in [0, 0.1) is 5.82 Å². The van der Waals surface area contributed by atoms with E-state index in [0.29, 0.717) is 12.1 Å². The van der Waals surface area contributed by atoms with Gasteiger partial charge in [-0.05, 0) is 43.4 Å². The van der Waals surface area contributed by atoms with Crippen molar-refractivity contribution in [2.24, 2.45) is 0 Å². The van der Waals surface area contributed by atoms with Gasteiger partial charge in [-0.15, -0.1) is 0 Å². The van der Waals surface area contributed by atoms with Gasteiger partial charge in [0.25, 0.3) is 0 Å². The van der Waals surface area contributed by atoms with Crippen LogP contribution < -0.4 is 5.32 Å². The summed E-state index contributed by atoms with van der Waals surface area (Å²) in [4.78, 5) is 0. The Morgan fingerprint density at radius 1 is 1.47 bits per heavy atom. The molecule has 0 aromatic heterocycles. The molecule has 0 saturated carbocycles. The van der Waals surface area contributed by atoms with Gasteiger partial charge in [-0.25, -0.2) is 4.39 Å². The summed E-state index contributed by atoms with van der Waals surface area (Å²) < 4.78 is 13.6.